The number of aryl methyl sites for hydroxylation is 1. The molecule has 3 rings (SSSR count). The van der Waals surface area contributed by atoms with Crippen LogP contribution in [0.4, 0.5) is 0 Å². The van der Waals surface area contributed by atoms with Crippen molar-refractivity contribution in [1.82, 2.24) is 19.4 Å². The van der Waals surface area contributed by atoms with Crippen LogP contribution in [0.3, 0.4) is 0 Å². The van der Waals surface area contributed by atoms with Crippen LogP contribution in [-0.4, -0.2) is 25.9 Å². The van der Waals surface area contributed by atoms with E-state index in [1.807, 2.05) is 41.9 Å². The molecule has 0 aromatic carbocycles. The Morgan fingerprint density at radius 3 is 2.95 bits per heavy atom. The van der Waals surface area contributed by atoms with E-state index in [9.17, 15) is 0 Å². The van der Waals surface area contributed by atoms with E-state index in [4.69, 9.17) is 5.73 Å². The zero-order valence-corrected chi connectivity index (χ0v) is 10.7. The number of aromatic nitrogens is 4. The Kier molecular flexibility index (Phi) is 2.97. The topological polar surface area (TPSA) is 69.1 Å². The second-order valence-corrected chi connectivity index (χ2v) is 4.43. The number of pyridine rings is 1. The normalized spacial score (nSPS) is 11.1. The van der Waals surface area contributed by atoms with Crippen molar-refractivity contribution >= 4 is 5.65 Å². The van der Waals surface area contributed by atoms with Crippen LogP contribution in [0.2, 0.25) is 0 Å². The Morgan fingerprint density at radius 1 is 1.32 bits per heavy atom. The average molecular weight is 253 g/mol. The molecule has 0 saturated carbocycles. The molecule has 0 radical (unpaired) electrons. The maximum Gasteiger partial charge on any atom is 0.140 e. The Labute approximate surface area is 111 Å². The second-order valence-electron chi connectivity index (χ2n) is 4.43. The smallest absolute Gasteiger partial charge is 0.140 e. The van der Waals surface area contributed by atoms with E-state index in [-0.39, 0.29) is 0 Å². The summed E-state index contributed by atoms with van der Waals surface area (Å²) < 4.78 is 1.99. The van der Waals surface area contributed by atoms with Crippen LogP contribution < -0.4 is 5.73 Å². The van der Waals surface area contributed by atoms with E-state index in [0.29, 0.717) is 6.54 Å². The van der Waals surface area contributed by atoms with E-state index in [2.05, 4.69) is 15.0 Å². The average Bonchev–Trinajstić information content (AvgIpc) is 2.83. The third-order valence-corrected chi connectivity index (χ3v) is 3.04. The molecule has 19 heavy (non-hydrogen) atoms. The molecular weight excluding hydrogens is 238 g/mol. The molecule has 0 aliphatic heterocycles. The molecule has 96 valence electrons. The standard InChI is InChI=1S/C14H15N5/c1-10-17-13(11-3-2-6-16-8-11)7-14-18-12(4-5-15)9-19(10)14/h2-3,6-9H,4-5,15H2,1H3. The maximum atomic E-state index is 5.57. The van der Waals surface area contributed by atoms with Crippen LogP contribution in [0.25, 0.3) is 16.9 Å². The highest BCUT2D eigenvalue weighted by Gasteiger charge is 2.08. The highest BCUT2D eigenvalue weighted by Crippen LogP contribution is 2.18. The summed E-state index contributed by atoms with van der Waals surface area (Å²) in [6.07, 6.45) is 6.34. The first kappa shape index (κ1) is 11.8. The molecule has 0 fully saturated rings. The van der Waals surface area contributed by atoms with Gasteiger partial charge < -0.3 is 5.73 Å². The predicted octanol–water partition coefficient (Wildman–Crippen LogP) is 1.60. The van der Waals surface area contributed by atoms with Crippen LogP contribution in [0.5, 0.6) is 0 Å². The van der Waals surface area contributed by atoms with Gasteiger partial charge >= 0.3 is 0 Å². The molecule has 0 unspecified atom stereocenters. The minimum atomic E-state index is 0.603. The van der Waals surface area contributed by atoms with Crippen LogP contribution in [-0.2, 0) is 6.42 Å². The summed E-state index contributed by atoms with van der Waals surface area (Å²) in [5, 5.41) is 0. The SMILES string of the molecule is Cc1nc(-c2cccnc2)cc2nc(CCN)cn12. The number of hydrogen-bond donors (Lipinski definition) is 1. The lowest BCUT2D eigenvalue weighted by Gasteiger charge is -2.04. The molecule has 0 saturated heterocycles. The molecule has 5 nitrogen and oxygen atoms in total. The van der Waals surface area contributed by atoms with Gasteiger partial charge in [-0.25, -0.2) is 9.97 Å². The van der Waals surface area contributed by atoms with Gasteiger partial charge in [0.05, 0.1) is 11.4 Å². The van der Waals surface area contributed by atoms with Gasteiger partial charge in [0.15, 0.2) is 0 Å². The van der Waals surface area contributed by atoms with E-state index in [1.54, 1.807) is 6.20 Å². The van der Waals surface area contributed by atoms with Gasteiger partial charge in [0.25, 0.3) is 0 Å². The summed E-state index contributed by atoms with van der Waals surface area (Å²) in [5.74, 6) is 0.909. The number of imidazole rings is 1. The molecule has 0 spiro atoms. The highest BCUT2D eigenvalue weighted by atomic mass is 15.1. The van der Waals surface area contributed by atoms with Gasteiger partial charge in [-0.15, -0.1) is 0 Å². The van der Waals surface area contributed by atoms with E-state index < -0.39 is 0 Å². The number of nitrogens with zero attached hydrogens (tertiary/aromatic N) is 4. The van der Waals surface area contributed by atoms with Gasteiger partial charge in [0.1, 0.15) is 11.5 Å². The lowest BCUT2D eigenvalue weighted by Crippen LogP contribution is -2.02. The molecular formula is C14H15N5. The minimum absolute atomic E-state index is 0.603. The third-order valence-electron chi connectivity index (χ3n) is 3.04. The zero-order valence-electron chi connectivity index (χ0n) is 10.7. The molecule has 0 aliphatic rings. The van der Waals surface area contributed by atoms with Crippen LogP contribution >= 0.6 is 0 Å². The lowest BCUT2D eigenvalue weighted by atomic mass is 10.2. The first-order chi connectivity index (χ1) is 9.28. The molecule has 0 aliphatic carbocycles. The van der Waals surface area contributed by atoms with Crippen molar-refractivity contribution in [2.45, 2.75) is 13.3 Å². The number of nitrogens with two attached hydrogens (primary N) is 1. The van der Waals surface area contributed by atoms with Crippen LogP contribution in [0.1, 0.15) is 11.5 Å². The molecule has 0 atom stereocenters. The van der Waals surface area contributed by atoms with Gasteiger partial charge in [0, 0.05) is 36.6 Å². The molecule has 5 heteroatoms. The Bertz CT molecular complexity index is 702. The van der Waals surface area contributed by atoms with Crippen molar-refractivity contribution in [3.63, 3.8) is 0 Å². The van der Waals surface area contributed by atoms with E-state index in [1.165, 1.54) is 0 Å². The fourth-order valence-electron chi connectivity index (χ4n) is 2.12. The van der Waals surface area contributed by atoms with Crippen molar-refractivity contribution in [1.29, 1.82) is 0 Å². The zero-order chi connectivity index (χ0) is 13.2. The molecule has 3 aromatic rings. The maximum absolute atomic E-state index is 5.57. The Morgan fingerprint density at radius 2 is 2.21 bits per heavy atom. The first-order valence-corrected chi connectivity index (χ1v) is 6.24. The lowest BCUT2D eigenvalue weighted by molar-refractivity contribution is 0.933. The molecule has 3 aromatic heterocycles. The summed E-state index contributed by atoms with van der Waals surface area (Å²) in [7, 11) is 0. The van der Waals surface area contributed by atoms with Crippen LogP contribution in [0, 0.1) is 6.92 Å². The summed E-state index contributed by atoms with van der Waals surface area (Å²) in [6, 6.07) is 5.88. The molecule has 3 heterocycles. The Balaban J connectivity index is 2.13. The van der Waals surface area contributed by atoms with E-state index in [0.717, 1.165) is 34.8 Å². The highest BCUT2D eigenvalue weighted by molar-refractivity contribution is 5.62. The van der Waals surface area contributed by atoms with Gasteiger partial charge in [0.2, 0.25) is 0 Å². The fourth-order valence-corrected chi connectivity index (χ4v) is 2.12. The van der Waals surface area contributed by atoms with Crippen LogP contribution in [0.15, 0.2) is 36.8 Å². The fraction of sp³-hybridized carbons (Fsp3) is 0.214. The molecule has 0 amide bonds. The third kappa shape index (κ3) is 2.20. The van der Waals surface area contributed by atoms with Crippen molar-refractivity contribution in [2.75, 3.05) is 6.54 Å². The van der Waals surface area contributed by atoms with E-state index >= 15 is 0 Å². The summed E-state index contributed by atoms with van der Waals surface area (Å²) in [6.45, 7) is 2.58. The quantitative estimate of drug-likeness (QED) is 0.769. The summed E-state index contributed by atoms with van der Waals surface area (Å²) in [4.78, 5) is 13.3. The monoisotopic (exact) mass is 253 g/mol. The predicted molar refractivity (Wildman–Crippen MR) is 73.7 cm³/mol. The Hall–Kier alpha value is -2.27. The van der Waals surface area contributed by atoms with Gasteiger partial charge in [-0.1, -0.05) is 0 Å². The number of hydrogen-bond acceptors (Lipinski definition) is 4. The number of rotatable bonds is 3. The number of fused-ring (bicyclic) bond motifs is 1. The van der Waals surface area contributed by atoms with Gasteiger partial charge in [-0.05, 0) is 25.6 Å². The van der Waals surface area contributed by atoms with Crippen molar-refractivity contribution in [2.24, 2.45) is 5.73 Å². The van der Waals surface area contributed by atoms with Crippen molar-refractivity contribution < 1.29 is 0 Å². The van der Waals surface area contributed by atoms with Crippen molar-refractivity contribution in [3.8, 4) is 11.3 Å². The largest absolute Gasteiger partial charge is 0.330 e. The van der Waals surface area contributed by atoms with Gasteiger partial charge in [-0.2, -0.15) is 0 Å². The second kappa shape index (κ2) is 4.78. The van der Waals surface area contributed by atoms with Gasteiger partial charge in [-0.3, -0.25) is 9.38 Å². The van der Waals surface area contributed by atoms with Crippen molar-refractivity contribution in [3.05, 3.63) is 48.3 Å². The summed E-state index contributed by atoms with van der Waals surface area (Å²) >= 11 is 0. The molecule has 2 N–H and O–H groups in total. The summed E-state index contributed by atoms with van der Waals surface area (Å²) in [5.41, 5.74) is 9.35. The molecule has 0 bridgehead atoms. The first-order valence-electron chi connectivity index (χ1n) is 6.24. The minimum Gasteiger partial charge on any atom is -0.330 e.